The molecule has 0 amide bonds. The van der Waals surface area contributed by atoms with Crippen LogP contribution in [0.2, 0.25) is 0 Å². The van der Waals surface area contributed by atoms with E-state index in [1.165, 1.54) is 0 Å². The van der Waals surface area contributed by atoms with Crippen LogP contribution in [-0.2, 0) is 7.05 Å². The van der Waals surface area contributed by atoms with Gasteiger partial charge in [-0.1, -0.05) is 0 Å². The molecule has 3 heterocycles. The van der Waals surface area contributed by atoms with Crippen LogP contribution in [0.1, 0.15) is 0 Å². The molecule has 0 atom stereocenters. The molecule has 1 aliphatic rings. The zero-order valence-electron chi connectivity index (χ0n) is 12.5. The Morgan fingerprint density at radius 2 is 1.95 bits per heavy atom. The summed E-state index contributed by atoms with van der Waals surface area (Å²) in [6.07, 6.45) is 1.75. The molecule has 0 saturated carbocycles. The number of aliphatic hydroxyl groups is 1. The second-order valence-corrected chi connectivity index (χ2v) is 5.32. The second-order valence-electron chi connectivity index (χ2n) is 5.32. The van der Waals surface area contributed by atoms with E-state index in [0.717, 1.165) is 49.0 Å². The third-order valence-electron chi connectivity index (χ3n) is 3.77. The number of aliphatic hydroxyl groups excluding tert-OH is 1. The van der Waals surface area contributed by atoms with Gasteiger partial charge < -0.3 is 20.2 Å². The Hall–Kier alpha value is -1.93. The molecule has 1 aliphatic heterocycles. The van der Waals surface area contributed by atoms with Crippen LogP contribution < -0.4 is 10.2 Å². The number of fused-ring (bicyclic) bond motifs is 1. The molecular weight excluding hydrogens is 270 g/mol. The monoisotopic (exact) mass is 291 g/mol. The predicted octanol–water partition coefficient (Wildman–Crippen LogP) is -0.481. The number of aromatic nitrogens is 4. The Balaban J connectivity index is 1.96. The number of rotatable bonds is 4. The molecule has 2 N–H and O–H groups in total. The lowest BCUT2D eigenvalue weighted by Gasteiger charge is -2.32. The van der Waals surface area contributed by atoms with Crippen LogP contribution in [0.4, 0.5) is 11.8 Å². The minimum Gasteiger partial charge on any atom is -0.395 e. The molecule has 2 aromatic heterocycles. The first-order valence-electron chi connectivity index (χ1n) is 7.17. The van der Waals surface area contributed by atoms with Gasteiger partial charge in [-0.3, -0.25) is 4.68 Å². The molecule has 0 aromatic carbocycles. The number of anilines is 2. The number of hydrogen-bond donors (Lipinski definition) is 2. The molecule has 0 aliphatic carbocycles. The fourth-order valence-corrected chi connectivity index (χ4v) is 2.47. The minimum atomic E-state index is 0.0651. The number of nitrogens with one attached hydrogen (secondary N) is 1. The highest BCUT2D eigenvalue weighted by Gasteiger charge is 2.19. The molecule has 21 heavy (non-hydrogen) atoms. The van der Waals surface area contributed by atoms with E-state index in [0.29, 0.717) is 6.54 Å². The van der Waals surface area contributed by atoms with Crippen molar-refractivity contribution in [3.05, 3.63) is 6.20 Å². The van der Waals surface area contributed by atoms with Crippen molar-refractivity contribution in [2.45, 2.75) is 0 Å². The molecule has 1 saturated heterocycles. The Kier molecular flexibility index (Phi) is 3.89. The van der Waals surface area contributed by atoms with Crippen molar-refractivity contribution in [3.63, 3.8) is 0 Å². The van der Waals surface area contributed by atoms with Crippen LogP contribution in [0.5, 0.6) is 0 Å². The Morgan fingerprint density at radius 3 is 2.67 bits per heavy atom. The summed E-state index contributed by atoms with van der Waals surface area (Å²) in [5, 5.41) is 17.3. The van der Waals surface area contributed by atoms with Gasteiger partial charge in [0, 0.05) is 39.8 Å². The van der Waals surface area contributed by atoms with Gasteiger partial charge in [-0.05, 0) is 7.05 Å². The Labute approximate surface area is 123 Å². The Bertz CT molecular complexity index is 618. The maximum atomic E-state index is 9.01. The van der Waals surface area contributed by atoms with Crippen molar-refractivity contribution < 1.29 is 5.11 Å². The van der Waals surface area contributed by atoms with Crippen LogP contribution in [0.3, 0.4) is 0 Å². The zero-order valence-corrected chi connectivity index (χ0v) is 12.5. The molecule has 8 heteroatoms. The molecule has 0 spiro atoms. The molecule has 114 valence electrons. The van der Waals surface area contributed by atoms with Gasteiger partial charge in [0.25, 0.3) is 0 Å². The molecule has 2 aromatic rings. The van der Waals surface area contributed by atoms with Gasteiger partial charge in [0.2, 0.25) is 5.95 Å². The van der Waals surface area contributed by atoms with E-state index in [-0.39, 0.29) is 6.61 Å². The number of likely N-dealkylation sites (N-methyl/N-ethyl adjacent to an activating group) is 1. The average Bonchev–Trinajstić information content (AvgIpc) is 2.87. The average molecular weight is 291 g/mol. The molecule has 0 radical (unpaired) electrons. The van der Waals surface area contributed by atoms with Gasteiger partial charge >= 0.3 is 0 Å². The summed E-state index contributed by atoms with van der Waals surface area (Å²) in [6, 6.07) is 0. The molecule has 0 unspecified atom stereocenters. The lowest BCUT2D eigenvalue weighted by molar-refractivity contribution is 0.310. The highest BCUT2D eigenvalue weighted by atomic mass is 16.3. The molecule has 1 fully saturated rings. The summed E-state index contributed by atoms with van der Waals surface area (Å²) in [4.78, 5) is 13.8. The van der Waals surface area contributed by atoms with E-state index in [2.05, 4.69) is 37.2 Å². The van der Waals surface area contributed by atoms with Crippen molar-refractivity contribution in [2.24, 2.45) is 7.05 Å². The van der Waals surface area contributed by atoms with E-state index in [1.54, 1.807) is 10.9 Å². The summed E-state index contributed by atoms with van der Waals surface area (Å²) < 4.78 is 1.75. The van der Waals surface area contributed by atoms with Crippen LogP contribution in [0, 0.1) is 0 Å². The SMILES string of the molecule is CN1CCN(c2nc(NCCO)c3cnn(C)c3n2)CC1. The van der Waals surface area contributed by atoms with Gasteiger partial charge in [-0.15, -0.1) is 0 Å². The summed E-state index contributed by atoms with van der Waals surface area (Å²) in [7, 11) is 4.00. The maximum absolute atomic E-state index is 9.01. The number of nitrogens with zero attached hydrogens (tertiary/aromatic N) is 6. The lowest BCUT2D eigenvalue weighted by atomic mass is 10.3. The first kappa shape index (κ1) is 14.0. The van der Waals surface area contributed by atoms with Crippen molar-refractivity contribution >= 4 is 22.8 Å². The van der Waals surface area contributed by atoms with E-state index in [1.807, 2.05) is 7.05 Å². The van der Waals surface area contributed by atoms with Gasteiger partial charge in [-0.2, -0.15) is 15.1 Å². The van der Waals surface area contributed by atoms with Crippen LogP contribution in [-0.4, -0.2) is 76.1 Å². The third-order valence-corrected chi connectivity index (χ3v) is 3.77. The second kappa shape index (κ2) is 5.82. The van der Waals surface area contributed by atoms with Crippen molar-refractivity contribution in [3.8, 4) is 0 Å². The standard InChI is InChI=1S/C13H21N7O/c1-18-4-6-20(7-5-18)13-16-11(14-3-8-21)10-9-15-19(2)12(10)17-13/h9,21H,3-8H2,1-2H3,(H,14,16,17). The quantitative estimate of drug-likeness (QED) is 0.787. The first-order valence-corrected chi connectivity index (χ1v) is 7.17. The summed E-state index contributed by atoms with van der Waals surface area (Å²) >= 11 is 0. The van der Waals surface area contributed by atoms with E-state index < -0.39 is 0 Å². The largest absolute Gasteiger partial charge is 0.395 e. The van der Waals surface area contributed by atoms with Gasteiger partial charge in [0.1, 0.15) is 5.82 Å². The number of aryl methyl sites for hydroxylation is 1. The van der Waals surface area contributed by atoms with Crippen LogP contribution >= 0.6 is 0 Å². The minimum absolute atomic E-state index is 0.0651. The summed E-state index contributed by atoms with van der Waals surface area (Å²) in [6.45, 7) is 4.37. The molecular formula is C13H21N7O. The highest BCUT2D eigenvalue weighted by molar-refractivity contribution is 5.87. The van der Waals surface area contributed by atoms with E-state index in [4.69, 9.17) is 5.11 Å². The lowest BCUT2D eigenvalue weighted by Crippen LogP contribution is -2.45. The topological polar surface area (TPSA) is 82.3 Å². The smallest absolute Gasteiger partial charge is 0.229 e. The van der Waals surface area contributed by atoms with Crippen molar-refractivity contribution in [2.75, 3.05) is 56.6 Å². The third kappa shape index (κ3) is 2.77. The Morgan fingerprint density at radius 1 is 1.19 bits per heavy atom. The predicted molar refractivity (Wildman–Crippen MR) is 81.6 cm³/mol. The maximum Gasteiger partial charge on any atom is 0.229 e. The summed E-state index contributed by atoms with van der Waals surface area (Å²) in [5.41, 5.74) is 0.805. The number of hydrogen-bond acceptors (Lipinski definition) is 7. The zero-order chi connectivity index (χ0) is 14.8. The molecule has 8 nitrogen and oxygen atoms in total. The first-order chi connectivity index (χ1) is 10.2. The molecule has 3 rings (SSSR count). The highest BCUT2D eigenvalue weighted by Crippen LogP contribution is 2.23. The van der Waals surface area contributed by atoms with Gasteiger partial charge in [-0.25, -0.2) is 0 Å². The van der Waals surface area contributed by atoms with E-state index in [9.17, 15) is 0 Å². The number of piperazine rings is 1. The fraction of sp³-hybridized carbons (Fsp3) is 0.615. The van der Waals surface area contributed by atoms with Crippen molar-refractivity contribution in [1.29, 1.82) is 0 Å². The fourth-order valence-electron chi connectivity index (χ4n) is 2.47. The van der Waals surface area contributed by atoms with Gasteiger partial charge in [0.05, 0.1) is 18.2 Å². The van der Waals surface area contributed by atoms with Crippen LogP contribution in [0.25, 0.3) is 11.0 Å². The van der Waals surface area contributed by atoms with Gasteiger partial charge in [0.15, 0.2) is 5.65 Å². The van der Waals surface area contributed by atoms with Crippen molar-refractivity contribution in [1.82, 2.24) is 24.6 Å². The van der Waals surface area contributed by atoms with Crippen LogP contribution in [0.15, 0.2) is 6.20 Å². The van der Waals surface area contributed by atoms with E-state index >= 15 is 0 Å². The molecule has 0 bridgehead atoms. The normalized spacial score (nSPS) is 16.6. The summed E-state index contributed by atoms with van der Waals surface area (Å²) in [5.74, 6) is 1.45.